The minimum Gasteiger partial charge on any atom is -0.353 e. The number of aromatic nitrogens is 2. The molecule has 126 valence electrons. The Hall–Kier alpha value is -2.34. The Bertz CT molecular complexity index is 716. The summed E-state index contributed by atoms with van der Waals surface area (Å²) in [5.74, 6) is 1.42. The van der Waals surface area contributed by atoms with E-state index < -0.39 is 0 Å². The summed E-state index contributed by atoms with van der Waals surface area (Å²) in [6.45, 7) is 3.19. The van der Waals surface area contributed by atoms with E-state index in [1.165, 1.54) is 0 Å². The van der Waals surface area contributed by atoms with Gasteiger partial charge in [0.05, 0.1) is 10.7 Å². The van der Waals surface area contributed by atoms with Crippen molar-refractivity contribution in [3.63, 3.8) is 0 Å². The number of nitrogens with zero attached hydrogens (tertiary/aromatic N) is 3. The first-order valence-corrected chi connectivity index (χ1v) is 8.36. The highest BCUT2D eigenvalue weighted by molar-refractivity contribution is 6.33. The monoisotopic (exact) mass is 345 g/mol. The summed E-state index contributed by atoms with van der Waals surface area (Å²) < 4.78 is 0. The fourth-order valence-corrected chi connectivity index (χ4v) is 2.97. The zero-order chi connectivity index (χ0) is 16.9. The third kappa shape index (κ3) is 4.14. The largest absolute Gasteiger partial charge is 0.353 e. The molecule has 2 heterocycles. The van der Waals surface area contributed by atoms with E-state index in [0.717, 1.165) is 31.6 Å². The first kappa shape index (κ1) is 16.5. The standard InChI is InChI=1S/C17H20ClN5O/c1-12(24)20-13-7-10-23(11-8-13)17-19-9-6-16(22-17)21-15-5-3-2-4-14(15)18/h2-6,9,13H,7-8,10-11H2,1H3,(H,20,24)(H,19,21,22). The van der Waals surface area contributed by atoms with E-state index >= 15 is 0 Å². The fraction of sp³-hybridized carbons (Fsp3) is 0.353. The van der Waals surface area contributed by atoms with Crippen LogP contribution in [0.2, 0.25) is 5.02 Å². The molecule has 0 spiro atoms. The second-order valence-corrected chi connectivity index (χ2v) is 6.22. The highest BCUT2D eigenvalue weighted by atomic mass is 35.5. The summed E-state index contributed by atoms with van der Waals surface area (Å²) in [5.41, 5.74) is 0.813. The molecule has 3 rings (SSSR count). The van der Waals surface area contributed by atoms with Gasteiger partial charge in [-0.2, -0.15) is 4.98 Å². The average Bonchev–Trinajstić information content (AvgIpc) is 2.57. The Morgan fingerprint density at radius 1 is 1.25 bits per heavy atom. The number of para-hydroxylation sites is 1. The number of benzene rings is 1. The average molecular weight is 346 g/mol. The van der Waals surface area contributed by atoms with E-state index in [0.29, 0.717) is 16.8 Å². The van der Waals surface area contributed by atoms with Gasteiger partial charge >= 0.3 is 0 Å². The van der Waals surface area contributed by atoms with E-state index in [1.807, 2.05) is 30.3 Å². The number of carbonyl (C=O) groups excluding carboxylic acids is 1. The Balaban J connectivity index is 1.66. The third-order valence-electron chi connectivity index (χ3n) is 3.96. The van der Waals surface area contributed by atoms with Crippen molar-refractivity contribution in [2.24, 2.45) is 0 Å². The number of piperidine rings is 1. The lowest BCUT2D eigenvalue weighted by Gasteiger charge is -2.32. The van der Waals surface area contributed by atoms with E-state index in [9.17, 15) is 4.79 Å². The van der Waals surface area contributed by atoms with E-state index in [1.54, 1.807) is 13.1 Å². The van der Waals surface area contributed by atoms with Crippen LogP contribution in [0.15, 0.2) is 36.5 Å². The van der Waals surface area contributed by atoms with Crippen LogP contribution in [0.5, 0.6) is 0 Å². The van der Waals surface area contributed by atoms with Gasteiger partial charge in [-0.25, -0.2) is 4.98 Å². The van der Waals surface area contributed by atoms with Crippen LogP contribution < -0.4 is 15.5 Å². The molecule has 0 aliphatic carbocycles. The van der Waals surface area contributed by atoms with Gasteiger partial charge in [0.1, 0.15) is 5.82 Å². The summed E-state index contributed by atoms with van der Waals surface area (Å²) in [6, 6.07) is 9.60. The highest BCUT2D eigenvalue weighted by Crippen LogP contribution is 2.25. The Morgan fingerprint density at radius 3 is 2.71 bits per heavy atom. The molecule has 1 fully saturated rings. The zero-order valence-electron chi connectivity index (χ0n) is 13.5. The molecule has 6 nitrogen and oxygen atoms in total. The van der Waals surface area contributed by atoms with Crippen molar-refractivity contribution in [1.82, 2.24) is 15.3 Å². The number of nitrogens with one attached hydrogen (secondary N) is 2. The smallest absolute Gasteiger partial charge is 0.227 e. The molecule has 1 aromatic heterocycles. The Morgan fingerprint density at radius 2 is 2.00 bits per heavy atom. The summed E-state index contributed by atoms with van der Waals surface area (Å²) in [7, 11) is 0. The second kappa shape index (κ2) is 7.49. The molecule has 1 aliphatic heterocycles. The Labute approximate surface area is 146 Å². The Kier molecular flexibility index (Phi) is 5.15. The number of hydrogen-bond donors (Lipinski definition) is 2. The first-order valence-electron chi connectivity index (χ1n) is 7.98. The molecule has 7 heteroatoms. The van der Waals surface area contributed by atoms with Gasteiger partial charge in [-0.3, -0.25) is 4.79 Å². The molecule has 0 bridgehead atoms. The lowest BCUT2D eigenvalue weighted by molar-refractivity contribution is -0.119. The first-order chi connectivity index (χ1) is 11.6. The summed E-state index contributed by atoms with van der Waals surface area (Å²) >= 11 is 6.17. The van der Waals surface area contributed by atoms with Gasteiger partial charge in [0.2, 0.25) is 11.9 Å². The molecule has 1 amide bonds. The number of halogens is 1. The van der Waals surface area contributed by atoms with Crippen LogP contribution in [0.3, 0.4) is 0 Å². The molecule has 1 aliphatic rings. The minimum atomic E-state index is 0.0237. The van der Waals surface area contributed by atoms with Crippen LogP contribution in [0, 0.1) is 0 Å². The van der Waals surface area contributed by atoms with E-state index in [4.69, 9.17) is 11.6 Å². The molecule has 0 radical (unpaired) electrons. The van der Waals surface area contributed by atoms with Crippen molar-refractivity contribution in [2.45, 2.75) is 25.8 Å². The summed E-state index contributed by atoms with van der Waals surface area (Å²) in [4.78, 5) is 22.2. The quantitative estimate of drug-likeness (QED) is 0.891. The van der Waals surface area contributed by atoms with Crippen LogP contribution in [0.25, 0.3) is 0 Å². The topological polar surface area (TPSA) is 70.2 Å². The maximum absolute atomic E-state index is 11.1. The molecule has 0 saturated carbocycles. The van der Waals surface area contributed by atoms with Gasteiger partial charge in [0.15, 0.2) is 0 Å². The molecular formula is C17H20ClN5O. The van der Waals surface area contributed by atoms with Crippen LogP contribution in [-0.2, 0) is 4.79 Å². The third-order valence-corrected chi connectivity index (χ3v) is 4.29. The lowest BCUT2D eigenvalue weighted by atomic mass is 10.1. The molecule has 0 atom stereocenters. The van der Waals surface area contributed by atoms with Gasteiger partial charge in [0, 0.05) is 32.3 Å². The van der Waals surface area contributed by atoms with Gasteiger partial charge in [-0.05, 0) is 31.0 Å². The number of amides is 1. The molecule has 0 unspecified atom stereocenters. The van der Waals surface area contributed by atoms with Crippen LogP contribution in [0.1, 0.15) is 19.8 Å². The van der Waals surface area contributed by atoms with Crippen molar-refractivity contribution in [1.29, 1.82) is 0 Å². The number of carbonyl (C=O) groups is 1. The number of anilines is 3. The van der Waals surface area contributed by atoms with Crippen molar-refractivity contribution < 1.29 is 4.79 Å². The maximum Gasteiger partial charge on any atom is 0.227 e. The molecular weight excluding hydrogens is 326 g/mol. The minimum absolute atomic E-state index is 0.0237. The summed E-state index contributed by atoms with van der Waals surface area (Å²) in [5, 5.41) is 6.84. The van der Waals surface area contributed by atoms with Crippen molar-refractivity contribution in [3.05, 3.63) is 41.6 Å². The van der Waals surface area contributed by atoms with Crippen molar-refractivity contribution in [3.8, 4) is 0 Å². The molecule has 1 saturated heterocycles. The van der Waals surface area contributed by atoms with Crippen molar-refractivity contribution in [2.75, 3.05) is 23.3 Å². The van der Waals surface area contributed by atoms with Gasteiger partial charge < -0.3 is 15.5 Å². The SMILES string of the molecule is CC(=O)NC1CCN(c2nccc(Nc3ccccc3Cl)n2)CC1. The lowest BCUT2D eigenvalue weighted by Crippen LogP contribution is -2.44. The molecule has 2 N–H and O–H groups in total. The predicted octanol–water partition coefficient (Wildman–Crippen LogP) is 2.98. The summed E-state index contributed by atoms with van der Waals surface area (Å²) in [6.07, 6.45) is 3.53. The molecule has 24 heavy (non-hydrogen) atoms. The van der Waals surface area contributed by atoms with Crippen molar-refractivity contribution >= 4 is 35.0 Å². The van der Waals surface area contributed by atoms with E-state index in [-0.39, 0.29) is 11.9 Å². The van der Waals surface area contributed by atoms with Gasteiger partial charge in [-0.15, -0.1) is 0 Å². The fourth-order valence-electron chi connectivity index (χ4n) is 2.78. The predicted molar refractivity (Wildman–Crippen MR) is 95.8 cm³/mol. The zero-order valence-corrected chi connectivity index (χ0v) is 14.3. The van der Waals surface area contributed by atoms with Gasteiger partial charge in [-0.1, -0.05) is 23.7 Å². The van der Waals surface area contributed by atoms with Crippen LogP contribution >= 0.6 is 11.6 Å². The second-order valence-electron chi connectivity index (χ2n) is 5.81. The van der Waals surface area contributed by atoms with Gasteiger partial charge in [0.25, 0.3) is 0 Å². The normalized spacial score (nSPS) is 15.2. The maximum atomic E-state index is 11.1. The van der Waals surface area contributed by atoms with Crippen LogP contribution in [-0.4, -0.2) is 35.0 Å². The highest BCUT2D eigenvalue weighted by Gasteiger charge is 2.21. The van der Waals surface area contributed by atoms with Crippen LogP contribution in [0.4, 0.5) is 17.5 Å². The molecule has 2 aromatic rings. The number of hydrogen-bond acceptors (Lipinski definition) is 5. The van der Waals surface area contributed by atoms with E-state index in [2.05, 4.69) is 25.5 Å². The number of rotatable bonds is 4. The molecule has 1 aromatic carbocycles.